The molecule has 2 rings (SSSR count). The number of nitrogens with zero attached hydrogens (tertiary/aromatic N) is 2. The number of para-hydroxylation sites is 1. The van der Waals surface area contributed by atoms with E-state index < -0.39 is 5.76 Å². The van der Waals surface area contributed by atoms with Crippen molar-refractivity contribution in [1.82, 2.24) is 4.98 Å². The van der Waals surface area contributed by atoms with Crippen molar-refractivity contribution in [3.63, 3.8) is 0 Å². The van der Waals surface area contributed by atoms with Gasteiger partial charge in [0.05, 0.1) is 11.3 Å². The number of aromatic nitrogens is 1. The van der Waals surface area contributed by atoms with Gasteiger partial charge in [-0.05, 0) is 30.7 Å². The third-order valence-electron chi connectivity index (χ3n) is 2.63. The van der Waals surface area contributed by atoms with E-state index in [9.17, 15) is 8.78 Å². The lowest BCUT2D eigenvalue weighted by Gasteiger charge is -2.12. The highest BCUT2D eigenvalue weighted by molar-refractivity contribution is 7.99. The maximum atomic E-state index is 12.5. The Morgan fingerprint density at radius 2 is 2.05 bits per heavy atom. The molecule has 0 spiro atoms. The molecular formula is C14H11F2N3S. The highest BCUT2D eigenvalue weighted by Gasteiger charge is 2.12. The Kier molecular flexibility index (Phi) is 4.53. The molecule has 0 unspecified atom stereocenters. The minimum absolute atomic E-state index is 0.370. The van der Waals surface area contributed by atoms with E-state index in [-0.39, 0.29) is 0 Å². The van der Waals surface area contributed by atoms with Gasteiger partial charge < -0.3 is 5.32 Å². The molecule has 0 aliphatic carbocycles. The molecule has 0 saturated heterocycles. The lowest BCUT2D eigenvalue weighted by atomic mass is 10.1. The summed E-state index contributed by atoms with van der Waals surface area (Å²) in [5, 5.41) is 12.1. The van der Waals surface area contributed by atoms with Crippen molar-refractivity contribution in [3.05, 3.63) is 47.7 Å². The average molecular weight is 291 g/mol. The predicted octanol–water partition coefficient (Wildman–Crippen LogP) is 4.32. The van der Waals surface area contributed by atoms with Crippen molar-refractivity contribution < 1.29 is 8.78 Å². The number of halogens is 2. The first-order chi connectivity index (χ1) is 9.61. The van der Waals surface area contributed by atoms with Gasteiger partial charge in [0.2, 0.25) is 0 Å². The van der Waals surface area contributed by atoms with Crippen LogP contribution >= 0.6 is 11.8 Å². The van der Waals surface area contributed by atoms with Crippen LogP contribution in [0.1, 0.15) is 11.1 Å². The van der Waals surface area contributed by atoms with E-state index in [1.165, 1.54) is 0 Å². The molecule has 0 bridgehead atoms. The Balaban J connectivity index is 2.36. The molecule has 20 heavy (non-hydrogen) atoms. The summed E-state index contributed by atoms with van der Waals surface area (Å²) in [5.74, 6) is -2.13. The zero-order valence-electron chi connectivity index (χ0n) is 10.6. The van der Waals surface area contributed by atoms with Gasteiger partial charge in [-0.1, -0.05) is 23.9 Å². The van der Waals surface area contributed by atoms with Crippen molar-refractivity contribution in [2.24, 2.45) is 0 Å². The number of benzene rings is 1. The minimum atomic E-state index is -2.50. The van der Waals surface area contributed by atoms with E-state index in [0.29, 0.717) is 33.7 Å². The highest BCUT2D eigenvalue weighted by Crippen LogP contribution is 2.33. The molecule has 0 aliphatic heterocycles. The third kappa shape index (κ3) is 3.25. The minimum Gasteiger partial charge on any atom is -0.338 e. The van der Waals surface area contributed by atoms with Crippen molar-refractivity contribution >= 4 is 23.3 Å². The molecule has 0 aliphatic rings. The second kappa shape index (κ2) is 6.35. The van der Waals surface area contributed by atoms with E-state index in [0.717, 1.165) is 5.56 Å². The summed E-state index contributed by atoms with van der Waals surface area (Å²) in [5.41, 5.74) is 1.70. The summed E-state index contributed by atoms with van der Waals surface area (Å²) >= 11 is 0.455. The summed E-state index contributed by atoms with van der Waals surface area (Å²) in [6.07, 6.45) is 1.57. The molecule has 6 heteroatoms. The van der Waals surface area contributed by atoms with Crippen LogP contribution in [0.25, 0.3) is 0 Å². The normalized spacial score (nSPS) is 10.3. The lowest BCUT2D eigenvalue weighted by molar-refractivity contribution is 0.252. The Labute approximate surface area is 119 Å². The van der Waals surface area contributed by atoms with Crippen LogP contribution in [0.15, 0.2) is 41.4 Å². The fourth-order valence-electron chi connectivity index (χ4n) is 1.69. The van der Waals surface area contributed by atoms with E-state index in [4.69, 9.17) is 5.26 Å². The molecule has 102 valence electrons. The largest absolute Gasteiger partial charge is 0.338 e. The van der Waals surface area contributed by atoms with Crippen LogP contribution in [0.5, 0.6) is 0 Å². The quantitative estimate of drug-likeness (QED) is 0.852. The fraction of sp³-hybridized carbons (Fsp3) is 0.143. The van der Waals surface area contributed by atoms with Gasteiger partial charge in [-0.3, -0.25) is 0 Å². The zero-order valence-corrected chi connectivity index (χ0v) is 11.4. The second-order valence-corrected chi connectivity index (χ2v) is 4.99. The first-order valence-electron chi connectivity index (χ1n) is 5.78. The van der Waals surface area contributed by atoms with Gasteiger partial charge in [-0.2, -0.15) is 14.0 Å². The first-order valence-corrected chi connectivity index (χ1v) is 6.66. The number of nitrogens with one attached hydrogen (secondary N) is 1. The molecule has 3 nitrogen and oxygen atoms in total. The Hall–Kier alpha value is -2.13. The van der Waals surface area contributed by atoms with Crippen LogP contribution in [-0.4, -0.2) is 10.7 Å². The molecule has 0 fully saturated rings. The van der Waals surface area contributed by atoms with Gasteiger partial charge in [0, 0.05) is 11.1 Å². The number of alkyl halides is 2. The molecular weight excluding hydrogens is 280 g/mol. The topological polar surface area (TPSA) is 48.7 Å². The van der Waals surface area contributed by atoms with Gasteiger partial charge in [-0.15, -0.1) is 0 Å². The molecule has 1 aromatic carbocycles. The standard InChI is InChI=1S/C14H11F2N3S/c1-9-6-7-18-13(10(9)8-17)19-11-4-2-3-5-12(11)20-14(15)16/h2-7,14H,1H3,(H,18,19). The molecule has 0 saturated carbocycles. The van der Waals surface area contributed by atoms with Crippen LogP contribution in [0.3, 0.4) is 0 Å². The molecule has 1 N–H and O–H groups in total. The number of thioether (sulfide) groups is 1. The molecule has 1 heterocycles. The van der Waals surface area contributed by atoms with Crippen molar-refractivity contribution in [2.75, 3.05) is 5.32 Å². The highest BCUT2D eigenvalue weighted by atomic mass is 32.2. The summed E-state index contributed by atoms with van der Waals surface area (Å²) in [6, 6.07) is 10.5. The lowest BCUT2D eigenvalue weighted by Crippen LogP contribution is -2.00. The van der Waals surface area contributed by atoms with Gasteiger partial charge >= 0.3 is 0 Å². The molecule has 0 amide bonds. The zero-order chi connectivity index (χ0) is 14.5. The molecule has 1 aromatic heterocycles. The first kappa shape index (κ1) is 14.3. The van der Waals surface area contributed by atoms with E-state index in [1.807, 2.05) is 0 Å². The average Bonchev–Trinajstić information content (AvgIpc) is 2.41. The van der Waals surface area contributed by atoms with Crippen LogP contribution in [0, 0.1) is 18.3 Å². The van der Waals surface area contributed by atoms with E-state index >= 15 is 0 Å². The maximum Gasteiger partial charge on any atom is 0.288 e. The van der Waals surface area contributed by atoms with Crippen molar-refractivity contribution in [2.45, 2.75) is 17.6 Å². The van der Waals surface area contributed by atoms with Crippen LogP contribution in [0.4, 0.5) is 20.3 Å². The second-order valence-electron chi connectivity index (χ2n) is 3.96. The number of hydrogen-bond donors (Lipinski definition) is 1. The summed E-state index contributed by atoms with van der Waals surface area (Å²) in [7, 11) is 0. The molecule has 0 radical (unpaired) electrons. The van der Waals surface area contributed by atoms with Gasteiger partial charge in [-0.25, -0.2) is 4.98 Å². The van der Waals surface area contributed by atoms with Crippen molar-refractivity contribution in [3.8, 4) is 6.07 Å². The maximum absolute atomic E-state index is 12.5. The monoisotopic (exact) mass is 291 g/mol. The summed E-state index contributed by atoms with van der Waals surface area (Å²) in [6.45, 7) is 1.80. The smallest absolute Gasteiger partial charge is 0.288 e. The SMILES string of the molecule is Cc1ccnc(Nc2ccccc2SC(F)F)c1C#N. The Morgan fingerprint density at radius 1 is 1.30 bits per heavy atom. The Bertz CT molecular complexity index is 653. The van der Waals surface area contributed by atoms with E-state index in [1.54, 1.807) is 43.5 Å². The summed E-state index contributed by atoms with van der Waals surface area (Å²) in [4.78, 5) is 4.51. The molecule has 0 atom stereocenters. The van der Waals surface area contributed by atoms with Gasteiger partial charge in [0.15, 0.2) is 0 Å². The van der Waals surface area contributed by atoms with Gasteiger partial charge in [0.1, 0.15) is 11.9 Å². The fourth-order valence-corrected chi connectivity index (χ4v) is 2.29. The van der Waals surface area contributed by atoms with Crippen LogP contribution < -0.4 is 5.32 Å². The molecule has 2 aromatic rings. The number of pyridine rings is 1. The predicted molar refractivity (Wildman–Crippen MR) is 75.3 cm³/mol. The van der Waals surface area contributed by atoms with E-state index in [2.05, 4.69) is 16.4 Å². The number of anilines is 2. The number of aryl methyl sites for hydroxylation is 1. The third-order valence-corrected chi connectivity index (χ3v) is 3.42. The number of rotatable bonds is 4. The number of nitriles is 1. The van der Waals surface area contributed by atoms with Gasteiger partial charge in [0.25, 0.3) is 5.76 Å². The number of hydrogen-bond acceptors (Lipinski definition) is 4. The van der Waals surface area contributed by atoms with Crippen molar-refractivity contribution in [1.29, 1.82) is 5.26 Å². The summed E-state index contributed by atoms with van der Waals surface area (Å²) < 4.78 is 25.0. The van der Waals surface area contributed by atoms with Crippen LogP contribution in [0.2, 0.25) is 0 Å². The van der Waals surface area contributed by atoms with Crippen LogP contribution in [-0.2, 0) is 0 Å². The Morgan fingerprint density at radius 3 is 2.75 bits per heavy atom.